The summed E-state index contributed by atoms with van der Waals surface area (Å²) in [6.45, 7) is 7.17. The summed E-state index contributed by atoms with van der Waals surface area (Å²) in [5.74, 6) is -1.44. The van der Waals surface area contributed by atoms with Gasteiger partial charge in [0.1, 0.15) is 19.3 Å². The molecule has 5 atom stereocenters. The largest absolute Gasteiger partial charge is 0.472 e. The number of unbranched alkanes of at least 4 members (excludes halogenated alkanes) is 44. The van der Waals surface area contributed by atoms with Crippen molar-refractivity contribution in [2.75, 3.05) is 39.6 Å². The van der Waals surface area contributed by atoms with Gasteiger partial charge in [0, 0.05) is 25.7 Å². The van der Waals surface area contributed by atoms with Crippen LogP contribution in [0.1, 0.15) is 375 Å². The molecule has 91 heavy (non-hydrogen) atoms. The molecular weight excluding hydrogens is 1200 g/mol. The third-order valence-electron chi connectivity index (χ3n) is 16.8. The number of esters is 4. The van der Waals surface area contributed by atoms with Crippen molar-refractivity contribution < 1.29 is 80.2 Å². The minimum absolute atomic E-state index is 0.106. The highest BCUT2D eigenvalue weighted by atomic mass is 31.2. The van der Waals surface area contributed by atoms with E-state index in [2.05, 4.69) is 34.6 Å². The molecule has 19 heteroatoms. The Morgan fingerprint density at radius 1 is 0.297 bits per heavy atom. The highest BCUT2D eigenvalue weighted by Gasteiger charge is 2.30. The van der Waals surface area contributed by atoms with Crippen LogP contribution in [0, 0.1) is 5.92 Å². The SMILES string of the molecule is CCCCCCCCCCCCCCCCCCCCCCC(=O)O[C@H](COC(=O)CCCCCCCCCCCCC)COP(=O)(O)OC[C@@H](O)COP(=O)(O)OC[C@@H](COC(=O)CCCCCCCCC(C)C)OC(=O)CCCCCCCCCCCCC. The highest BCUT2D eigenvalue weighted by molar-refractivity contribution is 7.47. The van der Waals surface area contributed by atoms with E-state index in [0.717, 1.165) is 96.3 Å². The van der Waals surface area contributed by atoms with Gasteiger partial charge in [0.25, 0.3) is 0 Å². The molecule has 0 heterocycles. The summed E-state index contributed by atoms with van der Waals surface area (Å²) in [6.07, 6.45) is 52.9. The van der Waals surface area contributed by atoms with Crippen LogP contribution >= 0.6 is 15.6 Å². The highest BCUT2D eigenvalue weighted by Crippen LogP contribution is 2.45. The van der Waals surface area contributed by atoms with Crippen molar-refractivity contribution in [3.8, 4) is 0 Å². The van der Waals surface area contributed by atoms with Crippen LogP contribution in [0.15, 0.2) is 0 Å². The number of ether oxygens (including phenoxy) is 4. The Balaban J connectivity index is 5.17. The summed E-state index contributed by atoms with van der Waals surface area (Å²) in [4.78, 5) is 72.5. The summed E-state index contributed by atoms with van der Waals surface area (Å²) in [6, 6.07) is 0. The Kier molecular flexibility index (Phi) is 64.0. The molecule has 0 fully saturated rings. The van der Waals surface area contributed by atoms with E-state index in [-0.39, 0.29) is 25.7 Å². The fourth-order valence-electron chi connectivity index (χ4n) is 11.0. The van der Waals surface area contributed by atoms with E-state index in [1.54, 1.807) is 0 Å². The quantitative estimate of drug-likeness (QED) is 0.0222. The number of hydrogen-bond donors (Lipinski definition) is 3. The van der Waals surface area contributed by atoms with Crippen molar-refractivity contribution in [3.05, 3.63) is 0 Å². The molecule has 0 aliphatic carbocycles. The smallest absolute Gasteiger partial charge is 0.462 e. The Hall–Kier alpha value is -1.94. The predicted molar refractivity (Wildman–Crippen MR) is 368 cm³/mol. The Morgan fingerprint density at radius 2 is 0.505 bits per heavy atom. The molecular formula is C72H140O17P2. The normalized spacial score (nSPS) is 14.0. The first-order chi connectivity index (χ1) is 44.0. The number of aliphatic hydroxyl groups excluding tert-OH is 1. The molecule has 0 amide bonds. The number of aliphatic hydroxyl groups is 1. The minimum atomic E-state index is -4.95. The van der Waals surface area contributed by atoms with Crippen molar-refractivity contribution in [3.63, 3.8) is 0 Å². The van der Waals surface area contributed by atoms with Gasteiger partial charge in [0.15, 0.2) is 12.2 Å². The zero-order valence-electron chi connectivity index (χ0n) is 59.0. The molecule has 0 radical (unpaired) electrons. The van der Waals surface area contributed by atoms with Gasteiger partial charge in [0.2, 0.25) is 0 Å². The fraction of sp³-hybridized carbons (Fsp3) is 0.944. The maximum absolute atomic E-state index is 13.0. The maximum Gasteiger partial charge on any atom is 0.472 e. The fourth-order valence-corrected chi connectivity index (χ4v) is 12.6. The minimum Gasteiger partial charge on any atom is -0.462 e. The molecule has 0 aliphatic rings. The third kappa shape index (κ3) is 66.5. The van der Waals surface area contributed by atoms with Gasteiger partial charge in [-0.1, -0.05) is 324 Å². The molecule has 0 aromatic heterocycles. The van der Waals surface area contributed by atoms with Crippen molar-refractivity contribution in [2.24, 2.45) is 5.92 Å². The van der Waals surface area contributed by atoms with Gasteiger partial charge in [-0.15, -0.1) is 0 Å². The summed E-state index contributed by atoms with van der Waals surface area (Å²) < 4.78 is 68.3. The summed E-state index contributed by atoms with van der Waals surface area (Å²) in [5, 5.41) is 10.6. The lowest BCUT2D eigenvalue weighted by Gasteiger charge is -2.21. The van der Waals surface area contributed by atoms with Crippen LogP contribution < -0.4 is 0 Å². The lowest BCUT2D eigenvalue weighted by molar-refractivity contribution is -0.161. The van der Waals surface area contributed by atoms with E-state index < -0.39 is 97.5 Å². The Labute approximate surface area is 556 Å². The van der Waals surface area contributed by atoms with Crippen molar-refractivity contribution in [1.29, 1.82) is 0 Å². The average molecular weight is 1340 g/mol. The zero-order valence-corrected chi connectivity index (χ0v) is 60.8. The van der Waals surface area contributed by atoms with Crippen molar-refractivity contribution >= 4 is 39.5 Å². The molecule has 0 saturated heterocycles. The molecule has 0 spiro atoms. The monoisotopic (exact) mass is 1340 g/mol. The molecule has 2 unspecified atom stereocenters. The number of phosphoric acid groups is 2. The lowest BCUT2D eigenvalue weighted by atomic mass is 10.0. The van der Waals surface area contributed by atoms with Crippen LogP contribution in [0.2, 0.25) is 0 Å². The second-order valence-electron chi connectivity index (χ2n) is 26.5. The second-order valence-corrected chi connectivity index (χ2v) is 29.4. The number of rotatable bonds is 72. The molecule has 0 saturated carbocycles. The predicted octanol–water partition coefficient (Wildman–Crippen LogP) is 20.9. The first-order valence-corrected chi connectivity index (χ1v) is 40.6. The Bertz CT molecular complexity index is 1750. The van der Waals surface area contributed by atoms with Gasteiger partial charge in [-0.05, 0) is 31.6 Å². The summed E-state index contributed by atoms with van der Waals surface area (Å²) in [5.41, 5.74) is 0. The summed E-state index contributed by atoms with van der Waals surface area (Å²) in [7, 11) is -9.90. The van der Waals surface area contributed by atoms with E-state index in [9.17, 15) is 43.2 Å². The third-order valence-corrected chi connectivity index (χ3v) is 18.7. The average Bonchev–Trinajstić information content (AvgIpc) is 3.72. The molecule has 0 aliphatic heterocycles. The van der Waals surface area contributed by atoms with Crippen LogP contribution in [0.4, 0.5) is 0 Å². The van der Waals surface area contributed by atoms with Crippen molar-refractivity contribution in [2.45, 2.75) is 393 Å². The molecule has 540 valence electrons. The molecule has 0 bridgehead atoms. The molecule has 17 nitrogen and oxygen atoms in total. The van der Waals surface area contributed by atoms with Crippen LogP contribution in [0.5, 0.6) is 0 Å². The number of phosphoric ester groups is 2. The van der Waals surface area contributed by atoms with Crippen molar-refractivity contribution in [1.82, 2.24) is 0 Å². The van der Waals surface area contributed by atoms with E-state index in [1.165, 1.54) is 193 Å². The van der Waals surface area contributed by atoms with Gasteiger partial charge in [-0.2, -0.15) is 0 Å². The van der Waals surface area contributed by atoms with Gasteiger partial charge in [0.05, 0.1) is 26.4 Å². The zero-order chi connectivity index (χ0) is 67.0. The van der Waals surface area contributed by atoms with E-state index in [4.69, 9.17) is 37.0 Å². The Morgan fingerprint density at radius 3 is 0.747 bits per heavy atom. The lowest BCUT2D eigenvalue weighted by Crippen LogP contribution is -2.30. The van der Waals surface area contributed by atoms with Gasteiger partial charge >= 0.3 is 39.5 Å². The first kappa shape index (κ1) is 89.1. The van der Waals surface area contributed by atoms with E-state index in [1.807, 2.05) is 0 Å². The first-order valence-electron chi connectivity index (χ1n) is 37.6. The molecule has 0 rings (SSSR count). The van der Waals surface area contributed by atoms with E-state index in [0.29, 0.717) is 31.6 Å². The van der Waals surface area contributed by atoms with Crippen LogP contribution in [0.25, 0.3) is 0 Å². The van der Waals surface area contributed by atoms with Gasteiger partial charge in [-0.25, -0.2) is 9.13 Å². The second kappa shape index (κ2) is 65.4. The standard InChI is InChI=1S/C72H140O17P2/c1-6-9-12-15-18-21-24-25-26-27-28-29-30-31-32-35-38-41-48-53-58-72(77)88-67(61-82-69(74)55-50-45-39-36-33-22-19-16-13-10-7-2)63-86-90(78,79)84-59-66(73)60-85-91(80,81)87-64-68(62-83-70(75)56-51-46-43-42-44-49-54-65(4)5)89-71(76)57-52-47-40-37-34-23-20-17-14-11-8-3/h65-68,73H,6-64H2,1-5H3,(H,78,79)(H,80,81)/t66-,67-,68-/m1/s1. The van der Waals surface area contributed by atoms with Gasteiger partial charge in [-0.3, -0.25) is 37.3 Å². The van der Waals surface area contributed by atoms with Crippen LogP contribution in [-0.2, 0) is 65.4 Å². The summed E-state index contributed by atoms with van der Waals surface area (Å²) >= 11 is 0. The number of carbonyl (C=O) groups is 4. The van der Waals surface area contributed by atoms with Crippen LogP contribution in [0.3, 0.4) is 0 Å². The van der Waals surface area contributed by atoms with Crippen LogP contribution in [-0.4, -0.2) is 96.7 Å². The number of hydrogen-bond acceptors (Lipinski definition) is 15. The maximum atomic E-state index is 13.0. The molecule has 0 aromatic rings. The molecule has 0 aromatic carbocycles. The topological polar surface area (TPSA) is 237 Å². The molecule has 3 N–H and O–H groups in total. The van der Waals surface area contributed by atoms with E-state index >= 15 is 0 Å². The number of carbonyl (C=O) groups excluding carboxylic acids is 4. The van der Waals surface area contributed by atoms with Gasteiger partial charge < -0.3 is 33.8 Å².